The van der Waals surface area contributed by atoms with Gasteiger partial charge in [0.2, 0.25) is 12.7 Å². The average Bonchev–Trinajstić information content (AvgIpc) is 3.41. The minimum atomic E-state index is -1.06. The highest BCUT2D eigenvalue weighted by Crippen LogP contribution is 2.35. The van der Waals surface area contributed by atoms with Crippen molar-refractivity contribution >= 4 is 29.3 Å². The third kappa shape index (κ3) is 6.83. The van der Waals surface area contributed by atoms with Crippen LogP contribution >= 0.6 is 11.8 Å². The Balaban J connectivity index is 1.49. The summed E-state index contributed by atoms with van der Waals surface area (Å²) in [6, 6.07) is 19.5. The van der Waals surface area contributed by atoms with E-state index in [1.807, 2.05) is 39.0 Å². The van der Waals surface area contributed by atoms with Gasteiger partial charge in [0, 0.05) is 35.2 Å². The molecule has 0 saturated heterocycles. The van der Waals surface area contributed by atoms with Crippen molar-refractivity contribution in [3.05, 3.63) is 107 Å². The van der Waals surface area contributed by atoms with Gasteiger partial charge >= 0.3 is 0 Å². The smallest absolute Gasteiger partial charge is 0.251 e. The molecule has 8 nitrogen and oxygen atoms in total. The summed E-state index contributed by atoms with van der Waals surface area (Å²) in [5.41, 5.74) is 3.94. The zero-order valence-corrected chi connectivity index (χ0v) is 23.7. The molecule has 0 aliphatic carbocycles. The second kappa shape index (κ2) is 12.4. The van der Waals surface area contributed by atoms with Gasteiger partial charge in [-0.25, -0.2) is 14.4 Å². The number of thioether (sulfide) groups is 1. The number of aromatic nitrogens is 2. The minimum absolute atomic E-state index is 0.0446. The van der Waals surface area contributed by atoms with Crippen LogP contribution in [0.5, 0.6) is 11.5 Å². The van der Waals surface area contributed by atoms with Crippen LogP contribution < -0.4 is 14.8 Å². The molecule has 1 aromatic heterocycles. The van der Waals surface area contributed by atoms with E-state index in [9.17, 15) is 14.0 Å². The van der Waals surface area contributed by atoms with Crippen molar-refractivity contribution in [2.45, 2.75) is 38.5 Å². The molecule has 0 saturated carbocycles. The van der Waals surface area contributed by atoms with Crippen molar-refractivity contribution in [1.82, 2.24) is 14.9 Å². The number of rotatable bonds is 9. The predicted octanol–water partition coefficient (Wildman–Crippen LogP) is 5.77. The normalized spacial score (nSPS) is 12.6. The molecule has 1 unspecified atom stereocenters. The van der Waals surface area contributed by atoms with Gasteiger partial charge in [-0.05, 0) is 50.6 Å². The molecule has 0 fully saturated rings. The first kappa shape index (κ1) is 28.1. The summed E-state index contributed by atoms with van der Waals surface area (Å²) in [6.07, 6.45) is 0. The van der Waals surface area contributed by atoms with Gasteiger partial charge in [0.15, 0.2) is 16.7 Å². The number of fused-ring (bicyclic) bond motifs is 1. The Morgan fingerprint density at radius 2 is 1.66 bits per heavy atom. The van der Waals surface area contributed by atoms with Crippen LogP contribution in [0.2, 0.25) is 0 Å². The number of amides is 2. The van der Waals surface area contributed by atoms with Gasteiger partial charge in [0.1, 0.15) is 11.9 Å². The number of hydrogen-bond donors (Lipinski definition) is 1. The summed E-state index contributed by atoms with van der Waals surface area (Å²) in [5, 5.41) is 3.37. The molecule has 0 spiro atoms. The fraction of sp³-hybridized carbons (Fsp3) is 0.226. The summed E-state index contributed by atoms with van der Waals surface area (Å²) in [5.74, 6) is -0.234. The molecule has 1 aliphatic heterocycles. The monoisotopic (exact) mass is 572 g/mol. The quantitative estimate of drug-likeness (QED) is 0.201. The lowest BCUT2D eigenvalue weighted by atomic mass is 10.0. The predicted molar refractivity (Wildman–Crippen MR) is 154 cm³/mol. The van der Waals surface area contributed by atoms with Gasteiger partial charge in [-0.1, -0.05) is 59.8 Å². The fourth-order valence-electron chi connectivity index (χ4n) is 4.51. The topological polar surface area (TPSA) is 93.7 Å². The van der Waals surface area contributed by atoms with Gasteiger partial charge in [0.25, 0.3) is 5.91 Å². The SMILES string of the molecule is Cc1ccc(C(C(=O)Nc2ccc3c(c2)OCO3)N(Cc2ccccc2F)C(=O)CSc2nc(C)cc(C)n2)cc1. The third-order valence-electron chi connectivity index (χ3n) is 6.50. The van der Waals surface area contributed by atoms with Crippen LogP contribution in [0.1, 0.15) is 34.1 Å². The Kier molecular flexibility index (Phi) is 8.49. The van der Waals surface area contributed by atoms with Crippen molar-refractivity contribution in [3.63, 3.8) is 0 Å². The lowest BCUT2D eigenvalue weighted by Gasteiger charge is -2.32. The molecule has 1 aliphatic rings. The Labute approximate surface area is 241 Å². The van der Waals surface area contributed by atoms with E-state index in [-0.39, 0.29) is 25.0 Å². The first-order chi connectivity index (χ1) is 19.8. The summed E-state index contributed by atoms with van der Waals surface area (Å²) in [4.78, 5) is 38.1. The second-order valence-corrected chi connectivity index (χ2v) is 10.6. The number of carbonyl (C=O) groups excluding carboxylic acids is 2. The van der Waals surface area contributed by atoms with Gasteiger partial charge in [-0.3, -0.25) is 9.59 Å². The maximum absolute atomic E-state index is 14.9. The molecule has 210 valence electrons. The van der Waals surface area contributed by atoms with E-state index < -0.39 is 17.8 Å². The first-order valence-corrected chi connectivity index (χ1v) is 14.0. The highest BCUT2D eigenvalue weighted by atomic mass is 32.2. The lowest BCUT2D eigenvalue weighted by molar-refractivity contribution is -0.137. The van der Waals surface area contributed by atoms with Crippen LogP contribution in [0, 0.1) is 26.6 Å². The number of carbonyl (C=O) groups is 2. The number of nitrogens with one attached hydrogen (secondary N) is 1. The Hall–Kier alpha value is -4.44. The van der Waals surface area contributed by atoms with Crippen molar-refractivity contribution in [3.8, 4) is 11.5 Å². The van der Waals surface area contributed by atoms with Crippen LogP contribution in [0.15, 0.2) is 78.0 Å². The number of halogens is 1. The zero-order valence-electron chi connectivity index (χ0n) is 22.9. The standard InChI is InChI=1S/C31H29FN4O4S/c1-19-8-10-22(11-9-19)29(30(38)35-24-12-13-26-27(15-24)40-18-39-26)36(16-23-6-4-5-7-25(23)32)28(37)17-41-31-33-20(2)14-21(3)34-31/h4-15,29H,16-18H2,1-3H3,(H,35,38). The Morgan fingerprint density at radius 1 is 0.951 bits per heavy atom. The van der Waals surface area contributed by atoms with E-state index in [1.54, 1.807) is 48.5 Å². The number of hydrogen-bond acceptors (Lipinski definition) is 7. The van der Waals surface area contributed by atoms with Crippen molar-refractivity contribution < 1.29 is 23.5 Å². The van der Waals surface area contributed by atoms with Gasteiger partial charge in [0.05, 0.1) is 5.75 Å². The summed E-state index contributed by atoms with van der Waals surface area (Å²) in [6.45, 7) is 5.64. The second-order valence-electron chi connectivity index (χ2n) is 9.71. The van der Waals surface area contributed by atoms with Crippen molar-refractivity contribution in [2.24, 2.45) is 0 Å². The van der Waals surface area contributed by atoms with Crippen LogP contribution in [-0.2, 0) is 16.1 Å². The molecule has 0 radical (unpaired) electrons. The lowest BCUT2D eigenvalue weighted by Crippen LogP contribution is -2.42. The molecule has 1 atom stereocenters. The fourth-order valence-corrected chi connectivity index (χ4v) is 5.34. The molecule has 41 heavy (non-hydrogen) atoms. The van der Waals surface area contributed by atoms with E-state index >= 15 is 0 Å². The molecule has 1 N–H and O–H groups in total. The molecular weight excluding hydrogens is 543 g/mol. The van der Waals surface area contributed by atoms with Gasteiger partial charge in [-0.15, -0.1) is 0 Å². The van der Waals surface area contributed by atoms with Crippen molar-refractivity contribution in [1.29, 1.82) is 0 Å². The summed E-state index contributed by atoms with van der Waals surface area (Å²) in [7, 11) is 0. The van der Waals surface area contributed by atoms with E-state index in [2.05, 4.69) is 15.3 Å². The number of ether oxygens (including phenoxy) is 2. The molecule has 2 amide bonds. The maximum Gasteiger partial charge on any atom is 0.251 e. The summed E-state index contributed by atoms with van der Waals surface area (Å²) >= 11 is 1.17. The maximum atomic E-state index is 14.9. The van der Waals surface area contributed by atoms with E-state index in [0.717, 1.165) is 17.0 Å². The van der Waals surface area contributed by atoms with Crippen LogP contribution in [-0.4, -0.2) is 39.2 Å². The molecule has 2 heterocycles. The van der Waals surface area contributed by atoms with Crippen molar-refractivity contribution in [2.75, 3.05) is 17.9 Å². The third-order valence-corrected chi connectivity index (χ3v) is 7.33. The number of nitrogens with zero attached hydrogens (tertiary/aromatic N) is 3. The molecule has 3 aromatic carbocycles. The van der Waals surface area contributed by atoms with E-state index in [4.69, 9.17) is 9.47 Å². The van der Waals surface area contributed by atoms with Gasteiger partial charge in [-0.2, -0.15) is 0 Å². The molecule has 5 rings (SSSR count). The molecule has 10 heteroatoms. The van der Waals surface area contributed by atoms with E-state index in [0.29, 0.717) is 33.5 Å². The van der Waals surface area contributed by atoms with Gasteiger partial charge < -0.3 is 19.7 Å². The number of aryl methyl sites for hydroxylation is 3. The van der Waals surface area contributed by atoms with Crippen LogP contribution in [0.4, 0.5) is 10.1 Å². The highest BCUT2D eigenvalue weighted by molar-refractivity contribution is 7.99. The largest absolute Gasteiger partial charge is 0.454 e. The highest BCUT2D eigenvalue weighted by Gasteiger charge is 2.33. The molecule has 0 bridgehead atoms. The van der Waals surface area contributed by atoms with E-state index in [1.165, 1.54) is 22.7 Å². The number of benzene rings is 3. The van der Waals surface area contributed by atoms with Crippen LogP contribution in [0.3, 0.4) is 0 Å². The molecule has 4 aromatic rings. The summed E-state index contributed by atoms with van der Waals surface area (Å²) < 4.78 is 25.7. The molecular formula is C31H29FN4O4S. The Bertz CT molecular complexity index is 1560. The van der Waals surface area contributed by atoms with Crippen LogP contribution in [0.25, 0.3) is 0 Å². The Morgan fingerprint density at radius 3 is 2.39 bits per heavy atom. The zero-order chi connectivity index (χ0) is 28.9. The average molecular weight is 573 g/mol. The number of anilines is 1. The minimum Gasteiger partial charge on any atom is -0.454 e. The first-order valence-electron chi connectivity index (χ1n) is 13.0.